The summed E-state index contributed by atoms with van der Waals surface area (Å²) < 4.78 is 0. The third-order valence-electron chi connectivity index (χ3n) is 1.70. The van der Waals surface area contributed by atoms with Crippen molar-refractivity contribution in [1.29, 1.82) is 0 Å². The maximum absolute atomic E-state index is 10.8. The van der Waals surface area contributed by atoms with E-state index in [1.807, 2.05) is 0 Å². The largest absolute Gasteiger partial charge is 0.480 e. The van der Waals surface area contributed by atoms with E-state index >= 15 is 0 Å². The van der Waals surface area contributed by atoms with Crippen LogP contribution in [0.3, 0.4) is 0 Å². The van der Waals surface area contributed by atoms with Gasteiger partial charge in [-0.15, -0.1) is 0 Å². The first-order chi connectivity index (χ1) is 5.15. The van der Waals surface area contributed by atoms with E-state index in [-0.39, 0.29) is 18.7 Å². The van der Waals surface area contributed by atoms with E-state index in [0.29, 0.717) is 0 Å². The van der Waals surface area contributed by atoms with Gasteiger partial charge in [-0.25, -0.2) is 4.79 Å². The first-order valence-electron chi connectivity index (χ1n) is 3.28. The van der Waals surface area contributed by atoms with Crippen molar-refractivity contribution >= 4 is 11.8 Å². The molecule has 1 unspecified atom stereocenters. The number of carbonyl (C=O) groups is 2. The number of carboxylic acids is 1. The first kappa shape index (κ1) is 7.78. The Balaban J connectivity index is 2.72. The van der Waals surface area contributed by atoms with Gasteiger partial charge in [0, 0.05) is 6.42 Å². The Morgan fingerprint density at radius 2 is 2.45 bits per heavy atom. The molecule has 1 fully saturated rings. The van der Waals surface area contributed by atoms with Crippen molar-refractivity contribution < 1.29 is 14.7 Å². The molecule has 1 aliphatic heterocycles. The Morgan fingerprint density at radius 1 is 1.82 bits per heavy atom. The SMILES string of the molecule is C=CN1CC(=O)CC1C(=O)O. The van der Waals surface area contributed by atoms with Crippen LogP contribution in [0.1, 0.15) is 6.42 Å². The summed E-state index contributed by atoms with van der Waals surface area (Å²) >= 11 is 0. The Bertz CT molecular complexity index is 212. The second-order valence-electron chi connectivity index (χ2n) is 2.45. The van der Waals surface area contributed by atoms with Gasteiger partial charge in [-0.3, -0.25) is 4.79 Å². The third-order valence-corrected chi connectivity index (χ3v) is 1.70. The van der Waals surface area contributed by atoms with Crippen LogP contribution in [0.5, 0.6) is 0 Å². The fourth-order valence-electron chi connectivity index (χ4n) is 1.13. The molecular formula is C7H9NO3. The number of ketones is 1. The number of carboxylic acid groups (broad SMARTS) is 1. The normalized spacial score (nSPS) is 23.8. The molecule has 0 saturated carbocycles. The van der Waals surface area contributed by atoms with Crippen LogP contribution in [-0.2, 0) is 9.59 Å². The van der Waals surface area contributed by atoms with E-state index in [0.717, 1.165) is 0 Å². The quantitative estimate of drug-likeness (QED) is 0.603. The van der Waals surface area contributed by atoms with E-state index in [1.54, 1.807) is 0 Å². The van der Waals surface area contributed by atoms with Crippen LogP contribution in [0.4, 0.5) is 0 Å². The van der Waals surface area contributed by atoms with E-state index < -0.39 is 12.0 Å². The summed E-state index contributed by atoms with van der Waals surface area (Å²) in [6.45, 7) is 3.60. The second-order valence-corrected chi connectivity index (χ2v) is 2.45. The van der Waals surface area contributed by atoms with Crippen LogP contribution in [0.25, 0.3) is 0 Å². The van der Waals surface area contributed by atoms with E-state index in [4.69, 9.17) is 5.11 Å². The summed E-state index contributed by atoms with van der Waals surface area (Å²) in [5, 5.41) is 8.59. The van der Waals surface area contributed by atoms with Crippen LogP contribution in [0, 0.1) is 0 Å². The van der Waals surface area contributed by atoms with E-state index in [2.05, 4.69) is 6.58 Å². The van der Waals surface area contributed by atoms with Crippen LogP contribution >= 0.6 is 0 Å². The van der Waals surface area contributed by atoms with Gasteiger partial charge < -0.3 is 10.0 Å². The number of hydrogen-bond acceptors (Lipinski definition) is 3. The van der Waals surface area contributed by atoms with E-state index in [1.165, 1.54) is 11.1 Å². The topological polar surface area (TPSA) is 57.6 Å². The van der Waals surface area contributed by atoms with Crippen molar-refractivity contribution in [3.05, 3.63) is 12.8 Å². The molecule has 0 aromatic carbocycles. The Morgan fingerprint density at radius 3 is 2.82 bits per heavy atom. The van der Waals surface area contributed by atoms with Gasteiger partial charge in [-0.05, 0) is 6.20 Å². The second kappa shape index (κ2) is 2.74. The lowest BCUT2D eigenvalue weighted by Gasteiger charge is -2.15. The lowest BCUT2D eigenvalue weighted by molar-refractivity contribution is -0.141. The average molecular weight is 155 g/mol. The van der Waals surface area contributed by atoms with Gasteiger partial charge in [0.1, 0.15) is 6.04 Å². The van der Waals surface area contributed by atoms with Crippen molar-refractivity contribution in [3.63, 3.8) is 0 Å². The van der Waals surface area contributed by atoms with Gasteiger partial charge in [0.25, 0.3) is 0 Å². The maximum Gasteiger partial charge on any atom is 0.326 e. The first-order valence-corrected chi connectivity index (χ1v) is 3.28. The van der Waals surface area contributed by atoms with Crippen molar-refractivity contribution in [2.75, 3.05) is 6.54 Å². The minimum atomic E-state index is -0.962. The van der Waals surface area contributed by atoms with Gasteiger partial charge in [0.05, 0.1) is 6.54 Å². The summed E-state index contributed by atoms with van der Waals surface area (Å²) in [6.07, 6.45) is 1.49. The monoisotopic (exact) mass is 155 g/mol. The van der Waals surface area contributed by atoms with Crippen molar-refractivity contribution in [1.82, 2.24) is 4.90 Å². The molecular weight excluding hydrogens is 146 g/mol. The summed E-state index contributed by atoms with van der Waals surface area (Å²) in [5.74, 6) is -1.01. The molecule has 1 N–H and O–H groups in total. The fraction of sp³-hybridized carbons (Fsp3) is 0.429. The summed E-state index contributed by atoms with van der Waals surface area (Å²) in [5.41, 5.74) is 0. The van der Waals surface area contributed by atoms with Gasteiger partial charge >= 0.3 is 5.97 Å². The van der Waals surface area contributed by atoms with Crippen molar-refractivity contribution in [3.8, 4) is 0 Å². The number of carbonyl (C=O) groups excluding carboxylic acids is 1. The van der Waals surface area contributed by atoms with Gasteiger partial charge in [-0.2, -0.15) is 0 Å². The summed E-state index contributed by atoms with van der Waals surface area (Å²) in [4.78, 5) is 22.7. The smallest absolute Gasteiger partial charge is 0.326 e. The molecule has 0 spiro atoms. The molecule has 0 bridgehead atoms. The molecule has 1 saturated heterocycles. The minimum Gasteiger partial charge on any atom is -0.480 e. The van der Waals surface area contributed by atoms with Crippen molar-refractivity contribution in [2.45, 2.75) is 12.5 Å². The minimum absolute atomic E-state index is 0.0442. The Labute approximate surface area is 64.1 Å². The number of aliphatic carboxylic acids is 1. The zero-order chi connectivity index (χ0) is 8.43. The Hall–Kier alpha value is -1.32. The molecule has 60 valence electrons. The highest BCUT2D eigenvalue weighted by atomic mass is 16.4. The molecule has 4 heteroatoms. The van der Waals surface area contributed by atoms with Crippen LogP contribution < -0.4 is 0 Å². The molecule has 1 atom stereocenters. The molecule has 0 aromatic rings. The predicted octanol–water partition coefficient (Wildman–Crippen LogP) is -0.142. The highest BCUT2D eigenvalue weighted by Crippen LogP contribution is 2.13. The molecule has 0 aliphatic carbocycles. The highest BCUT2D eigenvalue weighted by Gasteiger charge is 2.33. The molecule has 1 rings (SSSR count). The standard InChI is InChI=1S/C7H9NO3/c1-2-8-4-5(9)3-6(8)7(10)11/h2,6H,1,3-4H2,(H,10,11). The molecule has 0 amide bonds. The predicted molar refractivity (Wildman–Crippen MR) is 38.0 cm³/mol. The number of Topliss-reactive ketones (excluding diaryl/α,β-unsaturated/α-hetero) is 1. The zero-order valence-corrected chi connectivity index (χ0v) is 5.99. The van der Waals surface area contributed by atoms with Crippen LogP contribution in [0.15, 0.2) is 12.8 Å². The fourth-order valence-corrected chi connectivity index (χ4v) is 1.13. The van der Waals surface area contributed by atoms with Crippen LogP contribution in [0.2, 0.25) is 0 Å². The number of rotatable bonds is 2. The number of hydrogen-bond donors (Lipinski definition) is 1. The maximum atomic E-state index is 10.8. The highest BCUT2D eigenvalue weighted by molar-refractivity contribution is 5.90. The van der Waals surface area contributed by atoms with Gasteiger partial charge in [0.2, 0.25) is 0 Å². The summed E-state index contributed by atoms with van der Waals surface area (Å²) in [6, 6.07) is -0.694. The van der Waals surface area contributed by atoms with Crippen molar-refractivity contribution in [2.24, 2.45) is 0 Å². The average Bonchev–Trinajstić information content (AvgIpc) is 2.30. The molecule has 1 heterocycles. The molecule has 11 heavy (non-hydrogen) atoms. The molecule has 1 aliphatic rings. The lowest BCUT2D eigenvalue weighted by atomic mass is 10.2. The molecule has 4 nitrogen and oxygen atoms in total. The van der Waals surface area contributed by atoms with Gasteiger partial charge in [0.15, 0.2) is 5.78 Å². The Kier molecular flexibility index (Phi) is 1.94. The van der Waals surface area contributed by atoms with Crippen LogP contribution in [-0.4, -0.2) is 34.3 Å². The van der Waals surface area contributed by atoms with Gasteiger partial charge in [-0.1, -0.05) is 6.58 Å². The van der Waals surface area contributed by atoms with E-state index in [9.17, 15) is 9.59 Å². The third kappa shape index (κ3) is 1.39. The summed E-state index contributed by atoms with van der Waals surface area (Å²) in [7, 11) is 0. The molecule has 0 aromatic heterocycles. The number of likely N-dealkylation sites (tertiary alicyclic amines) is 1. The lowest BCUT2D eigenvalue weighted by Crippen LogP contribution is -2.31. The zero-order valence-electron chi connectivity index (χ0n) is 5.99. The number of nitrogens with zero attached hydrogens (tertiary/aromatic N) is 1. The molecule has 0 radical (unpaired) electrons.